The van der Waals surface area contributed by atoms with Crippen LogP contribution in [0.15, 0.2) is 40.6 Å². The molecular formula is C19H21N3O3S3. The number of amides is 1. The number of nitrogens with zero attached hydrogens (tertiary/aromatic N) is 3. The molecule has 4 rings (SSSR count). The molecule has 3 aromatic rings. The van der Waals surface area contributed by atoms with Crippen molar-refractivity contribution in [1.29, 1.82) is 0 Å². The fourth-order valence-electron chi connectivity index (χ4n) is 3.41. The normalized spacial score (nSPS) is 18.4. The molecule has 28 heavy (non-hydrogen) atoms. The Labute approximate surface area is 172 Å². The molecule has 1 unspecified atom stereocenters. The number of para-hydroxylation sites is 1. The Hall–Kier alpha value is -1.81. The number of carbonyl (C=O) groups is 1. The van der Waals surface area contributed by atoms with E-state index in [4.69, 9.17) is 0 Å². The average Bonchev–Trinajstić information content (AvgIpc) is 3.33. The Morgan fingerprint density at radius 3 is 2.71 bits per heavy atom. The summed E-state index contributed by atoms with van der Waals surface area (Å²) in [7, 11) is -1.83. The lowest BCUT2D eigenvalue weighted by Crippen LogP contribution is -2.45. The van der Waals surface area contributed by atoms with Crippen molar-refractivity contribution in [3.8, 4) is 0 Å². The van der Waals surface area contributed by atoms with Crippen molar-refractivity contribution in [1.82, 2.24) is 9.29 Å². The summed E-state index contributed by atoms with van der Waals surface area (Å²) in [5.74, 6) is -0.442. The summed E-state index contributed by atoms with van der Waals surface area (Å²) in [4.78, 5) is 20.1. The second kappa shape index (κ2) is 7.55. The highest BCUT2D eigenvalue weighted by molar-refractivity contribution is 7.91. The summed E-state index contributed by atoms with van der Waals surface area (Å²) in [6.45, 7) is 2.56. The lowest BCUT2D eigenvalue weighted by molar-refractivity contribution is -0.123. The molecule has 0 bridgehead atoms. The number of aryl methyl sites for hydroxylation is 1. The molecule has 3 heterocycles. The van der Waals surface area contributed by atoms with Crippen molar-refractivity contribution in [2.45, 2.75) is 24.0 Å². The van der Waals surface area contributed by atoms with Gasteiger partial charge in [-0.1, -0.05) is 23.5 Å². The van der Waals surface area contributed by atoms with Crippen LogP contribution in [-0.4, -0.2) is 43.8 Å². The Balaban J connectivity index is 1.53. The Bertz CT molecular complexity index is 1090. The maximum Gasteiger partial charge on any atom is 0.252 e. The smallest absolute Gasteiger partial charge is 0.252 e. The molecule has 0 N–H and O–H groups in total. The summed E-state index contributed by atoms with van der Waals surface area (Å²) >= 11 is 2.74. The highest BCUT2D eigenvalue weighted by Crippen LogP contribution is 2.32. The molecule has 1 aliphatic heterocycles. The monoisotopic (exact) mass is 435 g/mol. The number of benzene rings is 1. The minimum absolute atomic E-state index is 0.0821. The zero-order valence-corrected chi connectivity index (χ0v) is 18.1. The molecule has 0 aliphatic carbocycles. The van der Waals surface area contributed by atoms with E-state index >= 15 is 0 Å². The molecule has 1 aromatic carbocycles. The SMILES string of the molecule is Cc1ccc(S(=O)(=O)N2CCCC(C(=O)N(C)c3nc4ccccc4s3)C2)s1. The van der Waals surface area contributed by atoms with E-state index < -0.39 is 10.0 Å². The summed E-state index contributed by atoms with van der Waals surface area (Å²) in [6.07, 6.45) is 1.36. The third-order valence-corrected chi connectivity index (χ3v) is 9.39. The molecule has 1 amide bonds. The van der Waals surface area contributed by atoms with E-state index in [0.29, 0.717) is 28.7 Å². The quantitative estimate of drug-likeness (QED) is 0.626. The first-order chi connectivity index (χ1) is 13.4. The van der Waals surface area contributed by atoms with Crippen LogP contribution in [0.5, 0.6) is 0 Å². The van der Waals surface area contributed by atoms with Crippen LogP contribution >= 0.6 is 22.7 Å². The number of piperidine rings is 1. The lowest BCUT2D eigenvalue weighted by Gasteiger charge is -2.32. The maximum atomic E-state index is 13.1. The van der Waals surface area contributed by atoms with Crippen LogP contribution in [0.25, 0.3) is 10.2 Å². The van der Waals surface area contributed by atoms with Gasteiger partial charge in [-0.25, -0.2) is 13.4 Å². The molecule has 1 fully saturated rings. The molecule has 0 spiro atoms. The minimum Gasteiger partial charge on any atom is -0.291 e. The van der Waals surface area contributed by atoms with Crippen LogP contribution in [0.4, 0.5) is 5.13 Å². The van der Waals surface area contributed by atoms with Crippen molar-refractivity contribution < 1.29 is 13.2 Å². The van der Waals surface area contributed by atoms with Gasteiger partial charge in [-0.15, -0.1) is 11.3 Å². The first-order valence-electron chi connectivity index (χ1n) is 9.06. The van der Waals surface area contributed by atoms with Gasteiger partial charge in [-0.2, -0.15) is 4.31 Å². The zero-order chi connectivity index (χ0) is 19.9. The van der Waals surface area contributed by atoms with E-state index in [1.54, 1.807) is 18.0 Å². The van der Waals surface area contributed by atoms with E-state index in [9.17, 15) is 13.2 Å². The summed E-state index contributed by atoms with van der Waals surface area (Å²) in [5, 5.41) is 0.639. The first kappa shape index (κ1) is 19.5. The van der Waals surface area contributed by atoms with Crippen molar-refractivity contribution in [3.63, 3.8) is 0 Å². The van der Waals surface area contributed by atoms with Crippen LogP contribution in [-0.2, 0) is 14.8 Å². The molecule has 2 aromatic heterocycles. The van der Waals surface area contributed by atoms with Gasteiger partial charge < -0.3 is 0 Å². The Morgan fingerprint density at radius 1 is 1.21 bits per heavy atom. The van der Waals surface area contributed by atoms with E-state index in [0.717, 1.165) is 15.1 Å². The first-order valence-corrected chi connectivity index (χ1v) is 12.1. The van der Waals surface area contributed by atoms with Crippen LogP contribution in [0.1, 0.15) is 17.7 Å². The van der Waals surface area contributed by atoms with E-state index in [1.807, 2.05) is 37.3 Å². The van der Waals surface area contributed by atoms with Crippen LogP contribution < -0.4 is 4.90 Å². The number of hydrogen-bond acceptors (Lipinski definition) is 6. The lowest BCUT2D eigenvalue weighted by atomic mass is 9.98. The number of rotatable bonds is 4. The van der Waals surface area contributed by atoms with Gasteiger partial charge in [0.25, 0.3) is 10.0 Å². The number of aromatic nitrogens is 1. The maximum absolute atomic E-state index is 13.1. The van der Waals surface area contributed by atoms with Crippen molar-refractivity contribution in [3.05, 3.63) is 41.3 Å². The Morgan fingerprint density at radius 2 is 2.00 bits per heavy atom. The number of hydrogen-bond donors (Lipinski definition) is 0. The fourth-order valence-corrected chi connectivity index (χ4v) is 7.31. The fraction of sp³-hybridized carbons (Fsp3) is 0.368. The standard InChI is InChI=1S/C19H21N3O3S3/c1-13-9-10-17(26-13)28(24,25)22-11-5-6-14(12-22)18(23)21(2)19-20-15-7-3-4-8-16(15)27-19/h3-4,7-10,14H,5-6,11-12H2,1-2H3. The highest BCUT2D eigenvalue weighted by Gasteiger charge is 2.35. The minimum atomic E-state index is -3.55. The van der Waals surface area contributed by atoms with Gasteiger partial charge in [0.15, 0.2) is 5.13 Å². The van der Waals surface area contributed by atoms with E-state index in [2.05, 4.69) is 4.98 Å². The average molecular weight is 436 g/mol. The van der Waals surface area contributed by atoms with Gasteiger partial charge in [0.2, 0.25) is 5.91 Å². The van der Waals surface area contributed by atoms with Crippen molar-refractivity contribution >= 4 is 54.0 Å². The molecule has 1 atom stereocenters. The zero-order valence-electron chi connectivity index (χ0n) is 15.7. The largest absolute Gasteiger partial charge is 0.291 e. The molecular weight excluding hydrogens is 414 g/mol. The van der Waals surface area contributed by atoms with Gasteiger partial charge in [0, 0.05) is 25.0 Å². The number of thiophene rings is 1. The Kier molecular flexibility index (Phi) is 5.26. The van der Waals surface area contributed by atoms with E-state index in [-0.39, 0.29) is 18.4 Å². The molecule has 1 aliphatic rings. The number of carbonyl (C=O) groups excluding carboxylic acids is 1. The van der Waals surface area contributed by atoms with Gasteiger partial charge >= 0.3 is 0 Å². The summed E-state index contributed by atoms with van der Waals surface area (Å²) in [6, 6.07) is 11.2. The summed E-state index contributed by atoms with van der Waals surface area (Å²) < 4.78 is 28.7. The highest BCUT2D eigenvalue weighted by atomic mass is 32.2. The third-order valence-electron chi connectivity index (χ3n) is 4.94. The van der Waals surface area contributed by atoms with E-state index in [1.165, 1.54) is 27.0 Å². The predicted molar refractivity (Wildman–Crippen MR) is 114 cm³/mol. The summed E-state index contributed by atoms with van der Waals surface area (Å²) in [5.41, 5.74) is 0.864. The van der Waals surface area contributed by atoms with Gasteiger partial charge in [-0.05, 0) is 44.0 Å². The molecule has 1 saturated heterocycles. The predicted octanol–water partition coefficient (Wildman–Crippen LogP) is 3.73. The van der Waals surface area contributed by atoms with Crippen LogP contribution in [0.3, 0.4) is 0 Å². The van der Waals surface area contributed by atoms with Crippen molar-refractivity contribution in [2.24, 2.45) is 5.92 Å². The second-order valence-electron chi connectivity index (χ2n) is 6.93. The second-order valence-corrected chi connectivity index (χ2v) is 11.4. The van der Waals surface area contributed by atoms with Gasteiger partial charge in [0.1, 0.15) is 4.21 Å². The van der Waals surface area contributed by atoms with Crippen molar-refractivity contribution in [2.75, 3.05) is 25.0 Å². The number of thiazole rings is 1. The molecule has 148 valence electrons. The van der Waals surface area contributed by atoms with Gasteiger partial charge in [-0.3, -0.25) is 9.69 Å². The molecule has 6 nitrogen and oxygen atoms in total. The topological polar surface area (TPSA) is 70.6 Å². The molecule has 0 saturated carbocycles. The number of fused-ring (bicyclic) bond motifs is 1. The third kappa shape index (κ3) is 3.59. The van der Waals surface area contributed by atoms with Crippen LogP contribution in [0.2, 0.25) is 0 Å². The van der Waals surface area contributed by atoms with Gasteiger partial charge in [0.05, 0.1) is 16.1 Å². The molecule has 9 heteroatoms. The molecule has 0 radical (unpaired) electrons. The number of sulfonamides is 1. The van der Waals surface area contributed by atoms with Crippen LogP contribution in [0, 0.1) is 12.8 Å². The number of anilines is 1.